The highest BCUT2D eigenvalue weighted by Gasteiger charge is 2.57. The molecule has 1 aliphatic carbocycles. The lowest BCUT2D eigenvalue weighted by Crippen LogP contribution is -2.35. The molecule has 3 rings (SSSR count). The molecule has 2 fully saturated rings. The maximum absolute atomic E-state index is 12.3. The Bertz CT molecular complexity index is 523. The number of piperidine rings is 1. The van der Waals surface area contributed by atoms with Crippen molar-refractivity contribution < 1.29 is 14.6 Å². The first-order valence-corrected chi connectivity index (χ1v) is 7.95. The Kier molecular flexibility index (Phi) is 4.36. The molecule has 2 aliphatic rings. The third-order valence-corrected chi connectivity index (χ3v) is 5.08. The van der Waals surface area contributed by atoms with E-state index in [0.717, 1.165) is 43.7 Å². The Balaban J connectivity index is 1.48. The van der Waals surface area contributed by atoms with Crippen LogP contribution in [0.4, 0.5) is 0 Å². The molecule has 3 N–H and O–H groups in total. The molecule has 22 heavy (non-hydrogen) atoms. The van der Waals surface area contributed by atoms with Gasteiger partial charge in [0.25, 0.3) is 0 Å². The molecule has 0 bridgehead atoms. The van der Waals surface area contributed by atoms with E-state index in [1.807, 2.05) is 24.3 Å². The molecule has 2 atom stereocenters. The standard InChI is InChI=1S/C17H24N2O3/c1-22-13-4-2-12(3-5-13)15(20)11-19-16(21)14-10-17(14)6-8-18-9-7-17/h2-5,14-15,18,20H,6-11H2,1H3,(H,19,21). The SMILES string of the molecule is COc1ccc(C(O)CNC(=O)C2CC23CCNCC3)cc1. The number of hydrogen-bond donors (Lipinski definition) is 3. The van der Waals surface area contributed by atoms with Crippen molar-refractivity contribution >= 4 is 5.91 Å². The summed E-state index contributed by atoms with van der Waals surface area (Å²) in [6.07, 6.45) is 2.50. The molecule has 1 aromatic rings. The van der Waals surface area contributed by atoms with Gasteiger partial charge in [-0.3, -0.25) is 4.79 Å². The monoisotopic (exact) mass is 304 g/mol. The van der Waals surface area contributed by atoms with Gasteiger partial charge in [-0.2, -0.15) is 0 Å². The van der Waals surface area contributed by atoms with Crippen LogP contribution in [0.2, 0.25) is 0 Å². The summed E-state index contributed by atoms with van der Waals surface area (Å²) in [5, 5.41) is 16.4. The summed E-state index contributed by atoms with van der Waals surface area (Å²) in [5.74, 6) is 0.984. The molecule has 1 aromatic carbocycles. The number of hydrogen-bond acceptors (Lipinski definition) is 4. The van der Waals surface area contributed by atoms with E-state index < -0.39 is 6.10 Å². The summed E-state index contributed by atoms with van der Waals surface area (Å²) in [7, 11) is 1.61. The fourth-order valence-electron chi connectivity index (χ4n) is 3.46. The van der Waals surface area contributed by atoms with Gasteiger partial charge in [0.1, 0.15) is 5.75 Å². The molecule has 1 amide bonds. The quantitative estimate of drug-likeness (QED) is 0.765. The lowest BCUT2D eigenvalue weighted by atomic mass is 9.92. The number of methoxy groups -OCH3 is 1. The summed E-state index contributed by atoms with van der Waals surface area (Å²) in [6.45, 7) is 2.28. The van der Waals surface area contributed by atoms with Crippen LogP contribution in [-0.2, 0) is 4.79 Å². The van der Waals surface area contributed by atoms with Crippen molar-refractivity contribution in [3.63, 3.8) is 0 Å². The summed E-state index contributed by atoms with van der Waals surface area (Å²) in [5.41, 5.74) is 1.02. The molecule has 1 heterocycles. The second kappa shape index (κ2) is 6.26. The van der Waals surface area contributed by atoms with Crippen molar-refractivity contribution in [3.05, 3.63) is 29.8 Å². The number of ether oxygens (including phenoxy) is 1. The van der Waals surface area contributed by atoms with Crippen molar-refractivity contribution in [2.45, 2.75) is 25.4 Å². The Morgan fingerprint density at radius 3 is 2.73 bits per heavy atom. The van der Waals surface area contributed by atoms with Crippen LogP contribution in [0, 0.1) is 11.3 Å². The zero-order valence-corrected chi connectivity index (χ0v) is 13.0. The van der Waals surface area contributed by atoms with E-state index in [2.05, 4.69) is 10.6 Å². The van der Waals surface area contributed by atoms with Crippen LogP contribution in [-0.4, -0.2) is 37.8 Å². The minimum absolute atomic E-state index is 0.0921. The number of rotatable bonds is 5. The Labute approximate surface area is 131 Å². The van der Waals surface area contributed by atoms with Crippen molar-refractivity contribution in [1.29, 1.82) is 0 Å². The Morgan fingerprint density at radius 1 is 1.41 bits per heavy atom. The first-order valence-electron chi connectivity index (χ1n) is 7.95. The molecule has 1 saturated heterocycles. The number of amides is 1. The summed E-state index contributed by atoms with van der Waals surface area (Å²) in [6, 6.07) is 7.26. The van der Waals surface area contributed by atoms with Gasteiger partial charge in [0, 0.05) is 12.5 Å². The van der Waals surface area contributed by atoms with E-state index in [1.165, 1.54) is 0 Å². The van der Waals surface area contributed by atoms with Gasteiger partial charge in [0.05, 0.1) is 13.2 Å². The Hall–Kier alpha value is -1.59. The van der Waals surface area contributed by atoms with Crippen molar-refractivity contribution in [1.82, 2.24) is 10.6 Å². The summed E-state index contributed by atoms with van der Waals surface area (Å²) >= 11 is 0. The summed E-state index contributed by atoms with van der Waals surface area (Å²) < 4.78 is 5.09. The normalized spacial score (nSPS) is 23.8. The van der Waals surface area contributed by atoms with E-state index in [1.54, 1.807) is 7.11 Å². The predicted molar refractivity (Wildman–Crippen MR) is 83.6 cm³/mol. The fraction of sp³-hybridized carbons (Fsp3) is 0.588. The van der Waals surface area contributed by atoms with Gasteiger partial charge in [-0.05, 0) is 55.5 Å². The van der Waals surface area contributed by atoms with Crippen LogP contribution < -0.4 is 15.4 Å². The van der Waals surface area contributed by atoms with Crippen LogP contribution >= 0.6 is 0 Å². The fourth-order valence-corrected chi connectivity index (χ4v) is 3.46. The first-order chi connectivity index (χ1) is 10.6. The number of nitrogens with one attached hydrogen (secondary N) is 2. The molecule has 120 valence electrons. The number of aliphatic hydroxyl groups excluding tert-OH is 1. The second-order valence-electron chi connectivity index (χ2n) is 6.40. The average molecular weight is 304 g/mol. The van der Waals surface area contributed by atoms with Crippen LogP contribution in [0.15, 0.2) is 24.3 Å². The molecule has 1 saturated carbocycles. The maximum Gasteiger partial charge on any atom is 0.223 e. The highest BCUT2D eigenvalue weighted by molar-refractivity contribution is 5.82. The zero-order chi connectivity index (χ0) is 15.6. The maximum atomic E-state index is 12.3. The molecule has 0 aromatic heterocycles. The van der Waals surface area contributed by atoms with Crippen LogP contribution in [0.25, 0.3) is 0 Å². The number of aliphatic hydroxyl groups is 1. The largest absolute Gasteiger partial charge is 0.497 e. The Morgan fingerprint density at radius 2 is 2.09 bits per heavy atom. The third-order valence-electron chi connectivity index (χ3n) is 5.08. The molecular formula is C17H24N2O3. The molecule has 1 spiro atoms. The van der Waals surface area contributed by atoms with Gasteiger partial charge in [-0.25, -0.2) is 0 Å². The predicted octanol–water partition coefficient (Wildman–Crippen LogP) is 1.23. The molecule has 2 unspecified atom stereocenters. The lowest BCUT2D eigenvalue weighted by Gasteiger charge is -2.23. The zero-order valence-electron chi connectivity index (χ0n) is 13.0. The molecule has 5 nitrogen and oxygen atoms in total. The van der Waals surface area contributed by atoms with Gasteiger partial charge in [0.2, 0.25) is 5.91 Å². The van der Waals surface area contributed by atoms with Crippen LogP contribution in [0.5, 0.6) is 5.75 Å². The van der Waals surface area contributed by atoms with E-state index >= 15 is 0 Å². The highest BCUT2D eigenvalue weighted by atomic mass is 16.5. The van der Waals surface area contributed by atoms with E-state index in [9.17, 15) is 9.90 Å². The van der Waals surface area contributed by atoms with Gasteiger partial charge >= 0.3 is 0 Å². The summed E-state index contributed by atoms with van der Waals surface area (Å²) in [4.78, 5) is 12.3. The van der Waals surface area contributed by atoms with Gasteiger partial charge < -0.3 is 20.5 Å². The first kappa shape index (κ1) is 15.3. The molecular weight excluding hydrogens is 280 g/mol. The minimum Gasteiger partial charge on any atom is -0.497 e. The molecule has 5 heteroatoms. The smallest absolute Gasteiger partial charge is 0.223 e. The van der Waals surface area contributed by atoms with Crippen molar-refractivity contribution in [2.24, 2.45) is 11.3 Å². The van der Waals surface area contributed by atoms with Gasteiger partial charge in [0.15, 0.2) is 0 Å². The van der Waals surface area contributed by atoms with Crippen LogP contribution in [0.1, 0.15) is 30.9 Å². The van der Waals surface area contributed by atoms with Crippen LogP contribution in [0.3, 0.4) is 0 Å². The van der Waals surface area contributed by atoms with E-state index in [4.69, 9.17) is 4.74 Å². The van der Waals surface area contributed by atoms with Crippen molar-refractivity contribution in [3.8, 4) is 5.75 Å². The van der Waals surface area contributed by atoms with E-state index in [-0.39, 0.29) is 23.8 Å². The number of benzene rings is 1. The highest BCUT2D eigenvalue weighted by Crippen LogP contribution is 2.58. The minimum atomic E-state index is -0.683. The number of carbonyl (C=O) groups excluding carboxylic acids is 1. The van der Waals surface area contributed by atoms with E-state index in [0.29, 0.717) is 0 Å². The topological polar surface area (TPSA) is 70.6 Å². The number of carbonyl (C=O) groups is 1. The second-order valence-corrected chi connectivity index (χ2v) is 6.40. The molecule has 0 radical (unpaired) electrons. The lowest BCUT2D eigenvalue weighted by molar-refractivity contribution is -0.123. The van der Waals surface area contributed by atoms with Gasteiger partial charge in [-0.15, -0.1) is 0 Å². The molecule has 1 aliphatic heterocycles. The third kappa shape index (κ3) is 3.10. The van der Waals surface area contributed by atoms with Gasteiger partial charge in [-0.1, -0.05) is 12.1 Å². The van der Waals surface area contributed by atoms with Crippen molar-refractivity contribution in [2.75, 3.05) is 26.7 Å². The average Bonchev–Trinajstić information content (AvgIpc) is 3.26.